The van der Waals surface area contributed by atoms with Crippen LogP contribution in [0.5, 0.6) is 11.5 Å². The molecule has 1 aromatic rings. The van der Waals surface area contributed by atoms with Crippen LogP contribution in [0.15, 0.2) is 18.2 Å². The van der Waals surface area contributed by atoms with Crippen LogP contribution in [0, 0.1) is 0 Å². The van der Waals surface area contributed by atoms with Gasteiger partial charge in [0, 0.05) is 11.5 Å². The van der Waals surface area contributed by atoms with Crippen molar-refractivity contribution in [3.8, 4) is 11.5 Å². The van der Waals surface area contributed by atoms with Gasteiger partial charge in [0.15, 0.2) is 11.5 Å². The van der Waals surface area contributed by atoms with Gasteiger partial charge in [-0.05, 0) is 17.7 Å². The minimum absolute atomic E-state index is 0.379. The molecule has 18 heavy (non-hydrogen) atoms. The summed E-state index contributed by atoms with van der Waals surface area (Å²) in [7, 11) is 3.16. The molecule has 0 radical (unpaired) electrons. The SMILES string of the molecule is COc1ccc(CSCC(N)C(=O)O)cc1OC. The van der Waals surface area contributed by atoms with Gasteiger partial charge in [-0.3, -0.25) is 4.79 Å². The maximum atomic E-state index is 10.6. The highest BCUT2D eigenvalue weighted by Gasteiger charge is 2.11. The number of aliphatic carboxylic acids is 1. The quantitative estimate of drug-likeness (QED) is 0.779. The first kappa shape index (κ1) is 14.7. The molecular formula is C12H17NO4S. The number of benzene rings is 1. The molecule has 0 saturated carbocycles. The molecule has 1 atom stereocenters. The van der Waals surface area contributed by atoms with E-state index in [2.05, 4.69) is 0 Å². The number of ether oxygens (including phenoxy) is 2. The van der Waals surface area contributed by atoms with Gasteiger partial charge in [0.2, 0.25) is 0 Å². The van der Waals surface area contributed by atoms with Crippen molar-refractivity contribution < 1.29 is 19.4 Å². The summed E-state index contributed by atoms with van der Waals surface area (Å²) in [4.78, 5) is 10.6. The number of carboxylic acids is 1. The summed E-state index contributed by atoms with van der Waals surface area (Å²) in [5.41, 5.74) is 6.45. The molecule has 0 heterocycles. The molecule has 1 aromatic carbocycles. The van der Waals surface area contributed by atoms with Gasteiger partial charge >= 0.3 is 5.97 Å². The van der Waals surface area contributed by atoms with Crippen LogP contribution in [0.3, 0.4) is 0 Å². The smallest absolute Gasteiger partial charge is 0.321 e. The first-order chi connectivity index (χ1) is 8.58. The molecule has 0 aliphatic heterocycles. The fraction of sp³-hybridized carbons (Fsp3) is 0.417. The molecule has 0 aromatic heterocycles. The third-order valence-electron chi connectivity index (χ3n) is 2.33. The van der Waals surface area contributed by atoms with Crippen molar-refractivity contribution in [2.45, 2.75) is 11.8 Å². The zero-order valence-corrected chi connectivity index (χ0v) is 11.2. The van der Waals surface area contributed by atoms with Gasteiger partial charge in [-0.1, -0.05) is 6.07 Å². The standard InChI is InChI=1S/C12H17NO4S/c1-16-10-4-3-8(5-11(10)17-2)6-18-7-9(13)12(14)15/h3-5,9H,6-7,13H2,1-2H3,(H,14,15). The third kappa shape index (κ3) is 4.12. The van der Waals surface area contributed by atoms with Gasteiger partial charge in [-0.2, -0.15) is 11.8 Å². The van der Waals surface area contributed by atoms with Crippen molar-refractivity contribution in [1.82, 2.24) is 0 Å². The van der Waals surface area contributed by atoms with Crippen LogP contribution < -0.4 is 15.2 Å². The Balaban J connectivity index is 2.55. The Morgan fingerprint density at radius 2 is 2.06 bits per heavy atom. The second-order valence-corrected chi connectivity index (χ2v) is 4.68. The molecule has 1 unspecified atom stereocenters. The molecule has 1 rings (SSSR count). The van der Waals surface area contributed by atoms with E-state index in [4.69, 9.17) is 20.3 Å². The van der Waals surface area contributed by atoms with Gasteiger partial charge in [0.05, 0.1) is 14.2 Å². The van der Waals surface area contributed by atoms with Gasteiger partial charge in [0.1, 0.15) is 6.04 Å². The third-order valence-corrected chi connectivity index (χ3v) is 3.46. The predicted octanol–water partition coefficient (Wildman–Crippen LogP) is 1.35. The summed E-state index contributed by atoms with van der Waals surface area (Å²) < 4.78 is 10.3. The lowest BCUT2D eigenvalue weighted by molar-refractivity contribution is -0.137. The predicted molar refractivity (Wildman–Crippen MR) is 71.3 cm³/mol. The number of methoxy groups -OCH3 is 2. The van der Waals surface area contributed by atoms with Crippen LogP contribution in [0.25, 0.3) is 0 Å². The zero-order valence-electron chi connectivity index (χ0n) is 10.4. The Labute approximate surface area is 110 Å². The highest BCUT2D eigenvalue weighted by atomic mass is 32.2. The Morgan fingerprint density at radius 1 is 1.39 bits per heavy atom. The van der Waals surface area contributed by atoms with E-state index in [0.29, 0.717) is 23.0 Å². The van der Waals surface area contributed by atoms with Crippen LogP contribution >= 0.6 is 11.8 Å². The Bertz CT molecular complexity index is 411. The summed E-state index contributed by atoms with van der Waals surface area (Å²) in [6, 6.07) is 4.79. The van der Waals surface area contributed by atoms with Crippen molar-refractivity contribution in [1.29, 1.82) is 0 Å². The summed E-state index contributed by atoms with van der Waals surface area (Å²) in [5.74, 6) is 1.42. The minimum atomic E-state index is -0.977. The van der Waals surface area contributed by atoms with Crippen molar-refractivity contribution in [3.05, 3.63) is 23.8 Å². The molecular weight excluding hydrogens is 254 g/mol. The van der Waals surface area contributed by atoms with Gasteiger partial charge in [-0.15, -0.1) is 0 Å². The van der Waals surface area contributed by atoms with E-state index in [0.717, 1.165) is 5.56 Å². The van der Waals surface area contributed by atoms with E-state index in [-0.39, 0.29) is 0 Å². The molecule has 0 bridgehead atoms. The normalized spacial score (nSPS) is 11.9. The average Bonchev–Trinajstić information content (AvgIpc) is 2.38. The van der Waals surface area contributed by atoms with E-state index in [1.165, 1.54) is 11.8 Å². The lowest BCUT2D eigenvalue weighted by atomic mass is 10.2. The number of hydrogen-bond donors (Lipinski definition) is 2. The molecule has 0 aliphatic carbocycles. The first-order valence-corrected chi connectivity index (χ1v) is 6.51. The minimum Gasteiger partial charge on any atom is -0.493 e. The van der Waals surface area contributed by atoms with Crippen LogP contribution in [-0.2, 0) is 10.5 Å². The van der Waals surface area contributed by atoms with Crippen molar-refractivity contribution in [2.75, 3.05) is 20.0 Å². The Hall–Kier alpha value is -1.40. The maximum absolute atomic E-state index is 10.6. The van der Waals surface area contributed by atoms with Gasteiger partial charge in [-0.25, -0.2) is 0 Å². The zero-order chi connectivity index (χ0) is 13.5. The molecule has 0 saturated heterocycles. The highest BCUT2D eigenvalue weighted by Crippen LogP contribution is 2.29. The van der Waals surface area contributed by atoms with E-state index >= 15 is 0 Å². The van der Waals surface area contributed by atoms with E-state index in [1.807, 2.05) is 18.2 Å². The average molecular weight is 271 g/mol. The number of carbonyl (C=O) groups is 1. The van der Waals surface area contributed by atoms with E-state index in [1.54, 1.807) is 14.2 Å². The second kappa shape index (κ2) is 7.13. The summed E-state index contributed by atoms with van der Waals surface area (Å²) >= 11 is 1.47. The lowest BCUT2D eigenvalue weighted by Gasteiger charge is -2.10. The fourth-order valence-corrected chi connectivity index (χ4v) is 2.28. The number of nitrogens with two attached hydrogens (primary N) is 1. The molecule has 3 N–H and O–H groups in total. The van der Waals surface area contributed by atoms with Crippen molar-refractivity contribution in [3.63, 3.8) is 0 Å². The largest absolute Gasteiger partial charge is 0.493 e. The lowest BCUT2D eigenvalue weighted by Crippen LogP contribution is -2.32. The molecule has 100 valence electrons. The van der Waals surface area contributed by atoms with E-state index < -0.39 is 12.0 Å². The monoisotopic (exact) mass is 271 g/mol. The molecule has 5 nitrogen and oxygen atoms in total. The summed E-state index contributed by atoms with van der Waals surface area (Å²) in [6.07, 6.45) is 0. The van der Waals surface area contributed by atoms with Gasteiger partial charge < -0.3 is 20.3 Å². The fourth-order valence-electron chi connectivity index (χ4n) is 1.35. The number of thioether (sulfide) groups is 1. The Kier molecular flexibility index (Phi) is 5.80. The van der Waals surface area contributed by atoms with Crippen molar-refractivity contribution in [2.24, 2.45) is 5.73 Å². The Morgan fingerprint density at radius 3 is 2.61 bits per heavy atom. The first-order valence-electron chi connectivity index (χ1n) is 5.35. The second-order valence-electron chi connectivity index (χ2n) is 3.65. The van der Waals surface area contributed by atoms with Crippen LogP contribution in [0.1, 0.15) is 5.56 Å². The molecule has 0 fully saturated rings. The van der Waals surface area contributed by atoms with Crippen molar-refractivity contribution >= 4 is 17.7 Å². The molecule has 0 amide bonds. The molecule has 6 heteroatoms. The maximum Gasteiger partial charge on any atom is 0.321 e. The van der Waals surface area contributed by atoms with Crippen LogP contribution in [0.2, 0.25) is 0 Å². The van der Waals surface area contributed by atoms with Gasteiger partial charge in [0.25, 0.3) is 0 Å². The van der Waals surface area contributed by atoms with E-state index in [9.17, 15) is 4.79 Å². The van der Waals surface area contributed by atoms with Crippen LogP contribution in [-0.4, -0.2) is 37.1 Å². The molecule has 0 spiro atoms. The number of rotatable bonds is 7. The number of carboxylic acid groups (broad SMARTS) is 1. The topological polar surface area (TPSA) is 81.8 Å². The number of hydrogen-bond acceptors (Lipinski definition) is 5. The molecule has 0 aliphatic rings. The highest BCUT2D eigenvalue weighted by molar-refractivity contribution is 7.98. The summed E-state index contributed by atoms with van der Waals surface area (Å²) in [5, 5.41) is 8.65. The summed E-state index contributed by atoms with van der Waals surface area (Å²) in [6.45, 7) is 0. The van der Waals surface area contributed by atoms with Crippen LogP contribution in [0.4, 0.5) is 0 Å².